The molecule has 0 spiro atoms. The van der Waals surface area contributed by atoms with E-state index < -0.39 is 0 Å². The summed E-state index contributed by atoms with van der Waals surface area (Å²) in [5.41, 5.74) is 0.258. The molecule has 1 aromatic heterocycles. The minimum atomic E-state index is -0.317. The molecule has 2 aromatic rings. The number of nitrogens with zero attached hydrogens (tertiary/aromatic N) is 4. The second-order valence-electron chi connectivity index (χ2n) is 6.61. The highest BCUT2D eigenvalue weighted by molar-refractivity contribution is 14.0. The van der Waals surface area contributed by atoms with Crippen LogP contribution in [0.15, 0.2) is 29.3 Å². The molecule has 1 aliphatic rings. The first kappa shape index (κ1) is 22.9. The molecule has 1 unspecified atom stereocenters. The molecule has 29 heavy (non-hydrogen) atoms. The van der Waals surface area contributed by atoms with Gasteiger partial charge in [-0.2, -0.15) is 5.10 Å². The Labute approximate surface area is 187 Å². The van der Waals surface area contributed by atoms with Crippen LogP contribution in [0, 0.1) is 6.92 Å². The largest absolute Gasteiger partial charge is 0.507 e. The van der Waals surface area contributed by atoms with E-state index >= 15 is 0 Å². The Kier molecular flexibility index (Phi) is 8.68. The van der Waals surface area contributed by atoms with E-state index in [0.29, 0.717) is 19.0 Å². The number of guanidine groups is 1. The van der Waals surface area contributed by atoms with Crippen LogP contribution in [0.1, 0.15) is 47.8 Å². The molecule has 3 rings (SSSR count). The Balaban J connectivity index is 0.00000300. The van der Waals surface area contributed by atoms with Crippen LogP contribution in [-0.4, -0.2) is 51.4 Å². The summed E-state index contributed by atoms with van der Waals surface area (Å²) in [6.07, 6.45) is 2.00. The lowest BCUT2D eigenvalue weighted by molar-refractivity contribution is 0.0952. The molecular weight excluding hydrogens is 485 g/mol. The average molecular weight is 513 g/mol. The van der Waals surface area contributed by atoms with Gasteiger partial charge in [-0.1, -0.05) is 12.1 Å². The lowest BCUT2D eigenvalue weighted by Crippen LogP contribution is -2.42. The Morgan fingerprint density at radius 3 is 2.90 bits per heavy atom. The molecule has 0 aliphatic carbocycles. The van der Waals surface area contributed by atoms with Crippen molar-refractivity contribution in [2.75, 3.05) is 19.6 Å². The summed E-state index contributed by atoms with van der Waals surface area (Å²) in [6.45, 7) is 6.30. The van der Waals surface area contributed by atoms with Gasteiger partial charge in [-0.25, -0.2) is 9.67 Å². The van der Waals surface area contributed by atoms with E-state index in [2.05, 4.69) is 31.0 Å². The zero-order valence-corrected chi connectivity index (χ0v) is 19.0. The monoisotopic (exact) mass is 513 g/mol. The van der Waals surface area contributed by atoms with Crippen molar-refractivity contribution in [1.82, 2.24) is 30.7 Å². The number of fused-ring (bicyclic) bond motifs is 1. The van der Waals surface area contributed by atoms with Gasteiger partial charge in [-0.15, -0.1) is 24.0 Å². The summed E-state index contributed by atoms with van der Waals surface area (Å²) in [5.74, 6) is 2.04. The molecule has 0 saturated carbocycles. The van der Waals surface area contributed by atoms with E-state index in [-0.39, 0.29) is 47.2 Å². The summed E-state index contributed by atoms with van der Waals surface area (Å²) >= 11 is 0. The van der Waals surface area contributed by atoms with Crippen molar-refractivity contribution >= 4 is 35.8 Å². The number of amides is 1. The fourth-order valence-corrected chi connectivity index (χ4v) is 3.19. The molecule has 0 radical (unpaired) electrons. The van der Waals surface area contributed by atoms with Gasteiger partial charge in [0, 0.05) is 19.6 Å². The molecule has 1 aromatic carbocycles. The van der Waals surface area contributed by atoms with Crippen LogP contribution >= 0.6 is 24.0 Å². The van der Waals surface area contributed by atoms with E-state index in [0.717, 1.165) is 37.6 Å². The zero-order chi connectivity index (χ0) is 19.9. The number of nitrogens with one attached hydrogen (secondary N) is 3. The van der Waals surface area contributed by atoms with Crippen molar-refractivity contribution in [3.8, 4) is 5.75 Å². The summed E-state index contributed by atoms with van der Waals surface area (Å²) in [7, 11) is 0. The number of aromatic hydroxyl groups is 1. The predicted octanol–water partition coefficient (Wildman–Crippen LogP) is 1.73. The summed E-state index contributed by atoms with van der Waals surface area (Å²) < 4.78 is 1.95. The first-order valence-corrected chi connectivity index (χ1v) is 9.61. The number of para-hydroxylation sites is 1. The van der Waals surface area contributed by atoms with Crippen LogP contribution in [0.25, 0.3) is 0 Å². The fraction of sp³-hybridized carbons (Fsp3) is 0.474. The highest BCUT2D eigenvalue weighted by Gasteiger charge is 2.24. The Hall–Kier alpha value is -2.37. The van der Waals surface area contributed by atoms with Gasteiger partial charge < -0.3 is 21.1 Å². The third kappa shape index (κ3) is 6.05. The second kappa shape index (κ2) is 11.0. The minimum absolute atomic E-state index is 0. The Bertz CT molecular complexity index is 853. The lowest BCUT2D eigenvalue weighted by atomic mass is 10.1. The quantitative estimate of drug-likeness (QED) is 0.203. The molecule has 1 amide bonds. The summed E-state index contributed by atoms with van der Waals surface area (Å²) in [6, 6.07) is 6.53. The summed E-state index contributed by atoms with van der Waals surface area (Å²) in [5, 5.41) is 23.6. The van der Waals surface area contributed by atoms with Gasteiger partial charge in [0.25, 0.3) is 5.91 Å². The maximum Gasteiger partial charge on any atom is 0.255 e. The molecule has 0 fully saturated rings. The molecule has 9 nitrogen and oxygen atoms in total. The number of carbonyl (C=O) groups is 1. The Morgan fingerprint density at radius 1 is 1.34 bits per heavy atom. The van der Waals surface area contributed by atoms with Crippen LogP contribution < -0.4 is 16.0 Å². The molecule has 158 valence electrons. The number of aliphatic imine (C=N–C) groups is 1. The van der Waals surface area contributed by atoms with E-state index in [1.165, 1.54) is 6.07 Å². The van der Waals surface area contributed by atoms with Crippen LogP contribution in [0.3, 0.4) is 0 Å². The topological polar surface area (TPSA) is 116 Å². The van der Waals surface area contributed by atoms with Crippen molar-refractivity contribution < 1.29 is 9.90 Å². The molecule has 2 heterocycles. The zero-order valence-electron chi connectivity index (χ0n) is 16.7. The molecule has 0 bridgehead atoms. The standard InChI is InChI=1S/C19H27N7O2.HI/c1-3-20-19(24-15-8-6-12-26-17(15)23-13(2)25-26)22-11-10-21-18(28)14-7-4-5-9-16(14)27;/h4-5,7,9,15,27H,3,6,8,10-12H2,1-2H3,(H,21,28)(H2,20,22,24);1H. The second-order valence-corrected chi connectivity index (χ2v) is 6.61. The number of hydrogen-bond donors (Lipinski definition) is 4. The minimum Gasteiger partial charge on any atom is -0.507 e. The van der Waals surface area contributed by atoms with Gasteiger partial charge in [0.2, 0.25) is 0 Å². The number of aromatic nitrogens is 3. The summed E-state index contributed by atoms with van der Waals surface area (Å²) in [4.78, 5) is 21.2. The number of carbonyl (C=O) groups excluding carboxylic acids is 1. The van der Waals surface area contributed by atoms with E-state index in [1.54, 1.807) is 18.2 Å². The highest BCUT2D eigenvalue weighted by atomic mass is 127. The maximum atomic E-state index is 12.1. The maximum absolute atomic E-state index is 12.1. The van der Waals surface area contributed by atoms with Crippen LogP contribution in [0.5, 0.6) is 5.75 Å². The molecule has 1 atom stereocenters. The Morgan fingerprint density at radius 2 is 2.14 bits per heavy atom. The number of halogens is 1. The van der Waals surface area contributed by atoms with Crippen molar-refractivity contribution in [3.63, 3.8) is 0 Å². The third-order valence-electron chi connectivity index (χ3n) is 4.45. The fourth-order valence-electron chi connectivity index (χ4n) is 3.19. The van der Waals surface area contributed by atoms with Crippen molar-refractivity contribution in [2.24, 2.45) is 4.99 Å². The van der Waals surface area contributed by atoms with Gasteiger partial charge in [-0.05, 0) is 38.8 Å². The smallest absolute Gasteiger partial charge is 0.255 e. The predicted molar refractivity (Wildman–Crippen MR) is 122 cm³/mol. The highest BCUT2D eigenvalue weighted by Crippen LogP contribution is 2.22. The normalized spacial score (nSPS) is 15.8. The van der Waals surface area contributed by atoms with Crippen molar-refractivity contribution in [2.45, 2.75) is 39.3 Å². The first-order chi connectivity index (χ1) is 13.6. The molecular formula is C19H28IN7O2. The van der Waals surface area contributed by atoms with Gasteiger partial charge >= 0.3 is 0 Å². The van der Waals surface area contributed by atoms with Crippen LogP contribution in [-0.2, 0) is 6.54 Å². The van der Waals surface area contributed by atoms with E-state index in [9.17, 15) is 9.90 Å². The van der Waals surface area contributed by atoms with E-state index in [4.69, 9.17) is 0 Å². The number of rotatable bonds is 6. The number of phenols is 1. The third-order valence-corrected chi connectivity index (χ3v) is 4.45. The average Bonchev–Trinajstić information content (AvgIpc) is 3.06. The number of aryl methyl sites for hydroxylation is 2. The SMILES string of the molecule is CCNC(=NCCNC(=O)c1ccccc1O)NC1CCCn2nc(C)nc21.I. The number of phenolic OH excluding ortho intramolecular Hbond substituents is 1. The van der Waals surface area contributed by atoms with Gasteiger partial charge in [0.05, 0.1) is 18.2 Å². The molecule has 4 N–H and O–H groups in total. The first-order valence-electron chi connectivity index (χ1n) is 9.61. The van der Waals surface area contributed by atoms with Gasteiger partial charge in [-0.3, -0.25) is 9.79 Å². The van der Waals surface area contributed by atoms with Crippen molar-refractivity contribution in [3.05, 3.63) is 41.5 Å². The van der Waals surface area contributed by atoms with Crippen LogP contribution in [0.4, 0.5) is 0 Å². The molecule has 1 aliphatic heterocycles. The molecule has 10 heteroatoms. The van der Waals surface area contributed by atoms with Gasteiger partial charge in [0.15, 0.2) is 5.96 Å². The number of hydrogen-bond acceptors (Lipinski definition) is 5. The van der Waals surface area contributed by atoms with Crippen molar-refractivity contribution in [1.29, 1.82) is 0 Å². The lowest BCUT2D eigenvalue weighted by Gasteiger charge is -2.25. The van der Waals surface area contributed by atoms with E-state index in [1.807, 2.05) is 18.5 Å². The van der Waals surface area contributed by atoms with Gasteiger partial charge in [0.1, 0.15) is 17.4 Å². The number of benzene rings is 1. The molecule has 0 saturated heterocycles. The van der Waals surface area contributed by atoms with Crippen LogP contribution in [0.2, 0.25) is 0 Å².